The van der Waals surface area contributed by atoms with Crippen molar-refractivity contribution in [2.24, 2.45) is 11.8 Å². The van der Waals surface area contributed by atoms with Gasteiger partial charge in [-0.25, -0.2) is 9.97 Å². The molecule has 0 aliphatic heterocycles. The first-order valence-electron chi connectivity index (χ1n) is 13.6. The van der Waals surface area contributed by atoms with Gasteiger partial charge in [0.1, 0.15) is 5.82 Å². The van der Waals surface area contributed by atoms with Gasteiger partial charge < -0.3 is 15.6 Å². The van der Waals surface area contributed by atoms with E-state index in [0.29, 0.717) is 17.2 Å². The molecule has 4 rings (SSSR count). The van der Waals surface area contributed by atoms with Gasteiger partial charge in [0.25, 0.3) is 0 Å². The van der Waals surface area contributed by atoms with Gasteiger partial charge in [-0.05, 0) is 49.6 Å². The van der Waals surface area contributed by atoms with Crippen LogP contribution >= 0.6 is 0 Å². The normalized spacial score (nSPS) is 15.4. The van der Waals surface area contributed by atoms with Crippen LogP contribution in [0.1, 0.15) is 84.5 Å². The Morgan fingerprint density at radius 3 is 2.47 bits per heavy atom. The number of rotatable bonds is 10. The van der Waals surface area contributed by atoms with E-state index in [-0.39, 0.29) is 23.7 Å². The van der Waals surface area contributed by atoms with Crippen LogP contribution in [0.4, 0.5) is 11.4 Å². The van der Waals surface area contributed by atoms with Gasteiger partial charge in [0.15, 0.2) is 5.65 Å². The molecule has 0 saturated heterocycles. The number of pyridine rings is 1. The summed E-state index contributed by atoms with van der Waals surface area (Å²) < 4.78 is 0. The van der Waals surface area contributed by atoms with Crippen molar-refractivity contribution in [3.05, 3.63) is 36.5 Å². The number of aromatic nitrogens is 3. The maximum atomic E-state index is 12.7. The van der Waals surface area contributed by atoms with E-state index >= 15 is 0 Å². The number of unbranched alkanes of at least 4 members (excludes halogenated alkanes) is 3. The highest BCUT2D eigenvalue weighted by Gasteiger charge is 2.20. The number of amides is 2. The molecule has 1 aromatic carbocycles. The third-order valence-electron chi connectivity index (χ3n) is 7.20. The summed E-state index contributed by atoms with van der Waals surface area (Å²) in [6, 6.07) is 9.60. The summed E-state index contributed by atoms with van der Waals surface area (Å²) in [5, 5.41) is 6.07. The molecular formula is C29H39N5O2. The lowest BCUT2D eigenvalue weighted by Crippen LogP contribution is -2.22. The lowest BCUT2D eigenvalue weighted by Gasteiger charge is -2.14. The molecule has 1 unspecified atom stereocenters. The van der Waals surface area contributed by atoms with Crippen LogP contribution in [-0.4, -0.2) is 26.8 Å². The highest BCUT2D eigenvalue weighted by atomic mass is 16.2. The molecule has 3 N–H and O–H groups in total. The van der Waals surface area contributed by atoms with Gasteiger partial charge in [0, 0.05) is 23.1 Å². The lowest BCUT2D eigenvalue weighted by atomic mass is 9.99. The molecule has 7 nitrogen and oxygen atoms in total. The average Bonchev–Trinajstić information content (AvgIpc) is 3.11. The third-order valence-corrected chi connectivity index (χ3v) is 7.20. The van der Waals surface area contributed by atoms with Crippen LogP contribution in [-0.2, 0) is 9.59 Å². The zero-order valence-electron chi connectivity index (χ0n) is 21.6. The maximum absolute atomic E-state index is 12.7. The molecule has 1 atom stereocenters. The summed E-state index contributed by atoms with van der Waals surface area (Å²) in [4.78, 5) is 37.6. The number of benzene rings is 1. The van der Waals surface area contributed by atoms with Crippen molar-refractivity contribution in [2.45, 2.75) is 84.5 Å². The Morgan fingerprint density at radius 2 is 1.75 bits per heavy atom. The number of hydrogen-bond acceptors (Lipinski definition) is 4. The number of nitrogens with zero attached hydrogens (tertiary/aromatic N) is 2. The number of nitrogens with one attached hydrogen (secondary N) is 3. The summed E-state index contributed by atoms with van der Waals surface area (Å²) in [6.45, 7) is 4.17. The molecule has 0 bridgehead atoms. The van der Waals surface area contributed by atoms with E-state index in [2.05, 4.69) is 32.5 Å². The zero-order valence-corrected chi connectivity index (χ0v) is 21.6. The van der Waals surface area contributed by atoms with E-state index in [9.17, 15) is 9.59 Å². The van der Waals surface area contributed by atoms with Crippen molar-refractivity contribution in [3.63, 3.8) is 0 Å². The van der Waals surface area contributed by atoms with Gasteiger partial charge >= 0.3 is 0 Å². The highest BCUT2D eigenvalue weighted by molar-refractivity contribution is 5.94. The first kappa shape index (κ1) is 25.9. The molecule has 0 spiro atoms. The molecule has 2 aromatic heterocycles. The number of carbonyl (C=O) groups excluding carboxylic acids is 2. The van der Waals surface area contributed by atoms with Crippen LogP contribution in [0.2, 0.25) is 0 Å². The van der Waals surface area contributed by atoms with Crippen LogP contribution in [0.3, 0.4) is 0 Å². The molecule has 1 fully saturated rings. The summed E-state index contributed by atoms with van der Waals surface area (Å²) in [5.74, 6) is 0.937. The molecule has 192 valence electrons. The summed E-state index contributed by atoms with van der Waals surface area (Å²) in [5.41, 5.74) is 3.74. The van der Waals surface area contributed by atoms with E-state index in [1.807, 2.05) is 37.3 Å². The fourth-order valence-electron chi connectivity index (χ4n) is 4.88. The van der Waals surface area contributed by atoms with Gasteiger partial charge in [0.2, 0.25) is 11.8 Å². The molecule has 2 heterocycles. The molecule has 36 heavy (non-hydrogen) atoms. The quantitative estimate of drug-likeness (QED) is 0.209. The van der Waals surface area contributed by atoms with Gasteiger partial charge in [-0.3, -0.25) is 9.59 Å². The van der Waals surface area contributed by atoms with Crippen molar-refractivity contribution in [3.8, 4) is 11.4 Å². The summed E-state index contributed by atoms with van der Waals surface area (Å²) in [6.07, 6.45) is 13.9. The zero-order chi connectivity index (χ0) is 25.3. The third kappa shape index (κ3) is 6.93. The first-order chi connectivity index (χ1) is 17.5. The van der Waals surface area contributed by atoms with Crippen LogP contribution in [0.5, 0.6) is 0 Å². The smallest absolute Gasteiger partial charge is 0.227 e. The summed E-state index contributed by atoms with van der Waals surface area (Å²) in [7, 11) is 0. The number of H-pyrrole nitrogens is 1. The van der Waals surface area contributed by atoms with Crippen molar-refractivity contribution in [1.29, 1.82) is 0 Å². The second-order valence-corrected chi connectivity index (χ2v) is 10.2. The topological polar surface area (TPSA) is 99.8 Å². The second kappa shape index (κ2) is 12.7. The van der Waals surface area contributed by atoms with Gasteiger partial charge in [-0.2, -0.15) is 0 Å². The van der Waals surface area contributed by atoms with E-state index in [1.54, 1.807) is 6.20 Å². The Kier molecular flexibility index (Phi) is 9.09. The Balaban J connectivity index is 1.36. The molecule has 7 heteroatoms. The van der Waals surface area contributed by atoms with E-state index in [1.165, 1.54) is 32.1 Å². The van der Waals surface area contributed by atoms with Crippen LogP contribution in [0, 0.1) is 11.8 Å². The highest BCUT2D eigenvalue weighted by Crippen LogP contribution is 2.26. The van der Waals surface area contributed by atoms with E-state index in [4.69, 9.17) is 0 Å². The minimum atomic E-state index is -0.0311. The Labute approximate surface area is 213 Å². The fraction of sp³-hybridized carbons (Fsp3) is 0.517. The van der Waals surface area contributed by atoms with Crippen LogP contribution in [0.15, 0.2) is 36.5 Å². The number of aromatic amines is 1. The van der Waals surface area contributed by atoms with Crippen LogP contribution in [0.25, 0.3) is 22.6 Å². The van der Waals surface area contributed by atoms with Crippen molar-refractivity contribution >= 4 is 34.4 Å². The number of imidazole rings is 1. The maximum Gasteiger partial charge on any atom is 0.227 e. The lowest BCUT2D eigenvalue weighted by molar-refractivity contribution is -0.120. The van der Waals surface area contributed by atoms with Gasteiger partial charge in [-0.15, -0.1) is 0 Å². The number of hydrogen-bond donors (Lipinski definition) is 3. The molecule has 1 aliphatic carbocycles. The minimum absolute atomic E-state index is 0.0221. The Hall–Kier alpha value is -3.22. The molecule has 0 radical (unpaired) electrons. The van der Waals surface area contributed by atoms with E-state index < -0.39 is 0 Å². The minimum Gasteiger partial charge on any atom is -0.337 e. The van der Waals surface area contributed by atoms with Crippen molar-refractivity contribution < 1.29 is 9.59 Å². The standard InChI is InChI=1S/C29H39N5O2/c1-3-4-5-8-11-20(2)28(35)32-24-18-25-27(30-19-24)34-26(33-25)21-14-16-23(17-15-21)31-29(36)22-12-9-6-7-10-13-22/h14-20,22H,3-13H2,1-2H3,(H,31,36)(H,32,35)(H,30,33,34). The van der Waals surface area contributed by atoms with E-state index in [0.717, 1.165) is 55.3 Å². The van der Waals surface area contributed by atoms with Gasteiger partial charge in [0.05, 0.1) is 17.4 Å². The van der Waals surface area contributed by atoms with Crippen molar-refractivity contribution in [1.82, 2.24) is 15.0 Å². The van der Waals surface area contributed by atoms with Crippen LogP contribution < -0.4 is 10.6 Å². The first-order valence-corrected chi connectivity index (χ1v) is 13.6. The number of carbonyl (C=O) groups is 2. The Morgan fingerprint density at radius 1 is 1.00 bits per heavy atom. The average molecular weight is 490 g/mol. The van der Waals surface area contributed by atoms with Gasteiger partial charge in [-0.1, -0.05) is 65.2 Å². The SMILES string of the molecule is CCCCCCC(C)C(=O)Nc1cnc2nc(-c3ccc(NC(=O)C4CCCCCC4)cc3)[nH]c2c1. The fourth-order valence-corrected chi connectivity index (χ4v) is 4.88. The Bertz CT molecular complexity index is 1150. The monoisotopic (exact) mass is 489 g/mol. The number of fused-ring (bicyclic) bond motifs is 1. The molecular weight excluding hydrogens is 450 g/mol. The molecule has 3 aromatic rings. The molecule has 1 saturated carbocycles. The van der Waals surface area contributed by atoms with Crippen molar-refractivity contribution in [2.75, 3.05) is 10.6 Å². The predicted molar refractivity (Wildman–Crippen MR) is 146 cm³/mol. The largest absolute Gasteiger partial charge is 0.337 e. The number of anilines is 2. The molecule has 2 amide bonds. The summed E-state index contributed by atoms with van der Waals surface area (Å²) >= 11 is 0. The second-order valence-electron chi connectivity index (χ2n) is 10.2. The predicted octanol–water partition coefficient (Wildman–Crippen LogP) is 7.08. The molecule has 1 aliphatic rings.